The van der Waals surface area contributed by atoms with E-state index >= 15 is 0 Å². The Labute approximate surface area is 213 Å². The Balaban J connectivity index is 1.37. The number of carbonyl (C=O) groups excluding carboxylic acids is 2. The fourth-order valence-corrected chi connectivity index (χ4v) is 3.05. The minimum atomic E-state index is -0.484. The first kappa shape index (κ1) is 25.8. The van der Waals surface area contributed by atoms with Crippen molar-refractivity contribution in [3.05, 3.63) is 88.9 Å². The Morgan fingerprint density at radius 3 is 2.26 bits per heavy atom. The zero-order chi connectivity index (χ0) is 25.0. The fourth-order valence-electron chi connectivity index (χ4n) is 2.79. The van der Waals surface area contributed by atoms with Crippen molar-refractivity contribution in [2.24, 2.45) is 0 Å². The minimum Gasteiger partial charge on any atom is -0.490 e. The van der Waals surface area contributed by atoms with Crippen LogP contribution in [0.25, 0.3) is 0 Å². The largest absolute Gasteiger partial charge is 0.490 e. The van der Waals surface area contributed by atoms with E-state index in [1.807, 2.05) is 37.3 Å². The first-order valence-corrected chi connectivity index (χ1v) is 11.4. The van der Waals surface area contributed by atoms with Crippen molar-refractivity contribution in [2.75, 3.05) is 19.8 Å². The van der Waals surface area contributed by atoms with E-state index < -0.39 is 11.8 Å². The number of amides is 2. The van der Waals surface area contributed by atoms with Crippen molar-refractivity contribution in [2.45, 2.75) is 6.92 Å². The maximum Gasteiger partial charge on any atom is 0.276 e. The van der Waals surface area contributed by atoms with E-state index in [9.17, 15) is 9.59 Å². The molecule has 0 radical (unpaired) electrons. The standard InChI is InChI=1S/C25H24ClN3O5S/c1-17-14-21(10-11-22(17)26)34-16-23(30)28-29-25(35)27-24(31)18-6-5-9-20(15-18)33-13-12-32-19-7-3-2-4-8-19/h2-11,14-15H,12-13,16H2,1H3,(H,28,30)(H2,27,29,31,35). The molecule has 0 atom stereocenters. The first-order valence-electron chi connectivity index (χ1n) is 10.6. The normalized spacial score (nSPS) is 10.1. The summed E-state index contributed by atoms with van der Waals surface area (Å²) in [5.41, 5.74) is 5.99. The van der Waals surface area contributed by atoms with Crippen molar-refractivity contribution in [1.82, 2.24) is 16.2 Å². The van der Waals surface area contributed by atoms with Crippen LogP contribution < -0.4 is 30.4 Å². The maximum absolute atomic E-state index is 12.5. The van der Waals surface area contributed by atoms with Crippen molar-refractivity contribution in [1.29, 1.82) is 0 Å². The zero-order valence-electron chi connectivity index (χ0n) is 18.9. The Morgan fingerprint density at radius 2 is 1.51 bits per heavy atom. The van der Waals surface area contributed by atoms with E-state index in [-0.39, 0.29) is 11.7 Å². The van der Waals surface area contributed by atoms with Gasteiger partial charge in [0.2, 0.25) is 0 Å². The van der Waals surface area contributed by atoms with Crippen LogP contribution >= 0.6 is 23.8 Å². The van der Waals surface area contributed by atoms with E-state index in [2.05, 4.69) is 16.2 Å². The molecule has 2 amide bonds. The van der Waals surface area contributed by atoms with Crippen molar-refractivity contribution in [3.8, 4) is 17.2 Å². The van der Waals surface area contributed by atoms with Gasteiger partial charge in [0.05, 0.1) is 0 Å². The van der Waals surface area contributed by atoms with Gasteiger partial charge in [-0.3, -0.25) is 25.8 Å². The molecule has 0 aromatic heterocycles. The number of halogens is 1. The number of para-hydroxylation sites is 1. The molecular formula is C25H24ClN3O5S. The summed E-state index contributed by atoms with van der Waals surface area (Å²) in [5.74, 6) is 0.824. The van der Waals surface area contributed by atoms with E-state index in [1.165, 1.54) is 0 Å². The van der Waals surface area contributed by atoms with E-state index in [4.69, 9.17) is 38.0 Å². The Morgan fingerprint density at radius 1 is 0.829 bits per heavy atom. The number of thiocarbonyl (C=S) groups is 1. The second-order valence-corrected chi connectivity index (χ2v) is 8.01. The van der Waals surface area contributed by atoms with Gasteiger partial charge < -0.3 is 14.2 Å². The molecule has 0 saturated carbocycles. The molecule has 8 nitrogen and oxygen atoms in total. The van der Waals surface area contributed by atoms with Gasteiger partial charge in [-0.15, -0.1) is 0 Å². The molecule has 35 heavy (non-hydrogen) atoms. The van der Waals surface area contributed by atoms with E-state index in [0.717, 1.165) is 11.3 Å². The van der Waals surface area contributed by atoms with Gasteiger partial charge in [-0.25, -0.2) is 0 Å². The third-order valence-electron chi connectivity index (χ3n) is 4.50. The second-order valence-electron chi connectivity index (χ2n) is 7.19. The van der Waals surface area contributed by atoms with Crippen LogP contribution in [-0.2, 0) is 4.79 Å². The molecule has 0 aliphatic carbocycles. The summed E-state index contributed by atoms with van der Waals surface area (Å²) in [6, 6.07) is 21.1. The van der Waals surface area contributed by atoms with Gasteiger partial charge in [0.1, 0.15) is 30.5 Å². The summed E-state index contributed by atoms with van der Waals surface area (Å²) in [4.78, 5) is 24.4. The molecule has 3 aromatic carbocycles. The number of rotatable bonds is 9. The molecular weight excluding hydrogens is 490 g/mol. The van der Waals surface area contributed by atoms with Gasteiger partial charge in [-0.05, 0) is 73.2 Å². The predicted octanol–water partition coefficient (Wildman–Crippen LogP) is 3.82. The smallest absolute Gasteiger partial charge is 0.276 e. The van der Waals surface area contributed by atoms with Crippen molar-refractivity contribution < 1.29 is 23.8 Å². The predicted molar refractivity (Wildman–Crippen MR) is 137 cm³/mol. The highest BCUT2D eigenvalue weighted by molar-refractivity contribution is 7.80. The fraction of sp³-hybridized carbons (Fsp3) is 0.160. The highest BCUT2D eigenvalue weighted by atomic mass is 35.5. The van der Waals surface area contributed by atoms with E-state index in [0.29, 0.717) is 35.3 Å². The van der Waals surface area contributed by atoms with Gasteiger partial charge in [-0.2, -0.15) is 0 Å². The Hall–Kier alpha value is -3.82. The van der Waals surface area contributed by atoms with Crippen LogP contribution in [0.2, 0.25) is 5.02 Å². The number of hydrogen-bond donors (Lipinski definition) is 3. The van der Waals surface area contributed by atoms with Crippen molar-refractivity contribution >= 4 is 40.7 Å². The van der Waals surface area contributed by atoms with Crippen LogP contribution in [0.1, 0.15) is 15.9 Å². The third kappa shape index (κ3) is 8.80. The topological polar surface area (TPSA) is 97.9 Å². The highest BCUT2D eigenvalue weighted by Crippen LogP contribution is 2.20. The average molecular weight is 514 g/mol. The molecule has 182 valence electrons. The third-order valence-corrected chi connectivity index (χ3v) is 5.13. The van der Waals surface area contributed by atoms with Gasteiger partial charge in [0.15, 0.2) is 11.7 Å². The number of ether oxygens (including phenoxy) is 3. The minimum absolute atomic E-state index is 0.0757. The SMILES string of the molecule is Cc1cc(OCC(=O)NNC(=S)NC(=O)c2cccc(OCCOc3ccccc3)c2)ccc1Cl. The quantitative estimate of drug-likeness (QED) is 0.227. The highest BCUT2D eigenvalue weighted by Gasteiger charge is 2.10. The lowest BCUT2D eigenvalue weighted by atomic mass is 10.2. The van der Waals surface area contributed by atoms with Crippen LogP contribution in [0.4, 0.5) is 0 Å². The Kier molecular flexibility index (Phi) is 9.70. The molecule has 0 spiro atoms. The molecule has 3 rings (SSSR count). The lowest BCUT2D eigenvalue weighted by molar-refractivity contribution is -0.123. The van der Waals surface area contributed by atoms with Crippen LogP contribution in [0.15, 0.2) is 72.8 Å². The number of aryl methyl sites for hydroxylation is 1. The summed E-state index contributed by atoms with van der Waals surface area (Å²) >= 11 is 11.0. The second kappa shape index (κ2) is 13.2. The van der Waals surface area contributed by atoms with Gasteiger partial charge in [0, 0.05) is 10.6 Å². The molecule has 0 unspecified atom stereocenters. The van der Waals surface area contributed by atoms with Crippen molar-refractivity contribution in [3.63, 3.8) is 0 Å². The summed E-state index contributed by atoms with van der Waals surface area (Å²) < 4.78 is 16.6. The van der Waals surface area contributed by atoms with Gasteiger partial charge in [-0.1, -0.05) is 35.9 Å². The first-order chi connectivity index (χ1) is 16.9. The molecule has 0 heterocycles. The lowest BCUT2D eigenvalue weighted by Gasteiger charge is -2.12. The number of nitrogens with one attached hydrogen (secondary N) is 3. The number of hydrazine groups is 1. The molecule has 0 bridgehead atoms. The molecule has 3 N–H and O–H groups in total. The molecule has 0 fully saturated rings. The van der Waals surface area contributed by atoms with Crippen LogP contribution in [0, 0.1) is 6.92 Å². The Bertz CT molecular complexity index is 1180. The number of carbonyl (C=O) groups is 2. The van der Waals surface area contributed by atoms with Crippen LogP contribution in [-0.4, -0.2) is 36.7 Å². The summed E-state index contributed by atoms with van der Waals surface area (Å²) in [7, 11) is 0. The van der Waals surface area contributed by atoms with E-state index in [1.54, 1.807) is 42.5 Å². The summed E-state index contributed by atoms with van der Waals surface area (Å²) in [6.45, 7) is 2.25. The molecule has 0 aliphatic rings. The monoisotopic (exact) mass is 513 g/mol. The molecule has 0 saturated heterocycles. The summed E-state index contributed by atoms with van der Waals surface area (Å²) in [5, 5.41) is 3.02. The van der Waals surface area contributed by atoms with Gasteiger partial charge >= 0.3 is 0 Å². The average Bonchev–Trinajstić information content (AvgIpc) is 2.87. The molecule has 3 aromatic rings. The zero-order valence-corrected chi connectivity index (χ0v) is 20.4. The summed E-state index contributed by atoms with van der Waals surface area (Å²) in [6.07, 6.45) is 0. The number of benzene rings is 3. The molecule has 10 heteroatoms. The van der Waals surface area contributed by atoms with Crippen LogP contribution in [0.5, 0.6) is 17.2 Å². The maximum atomic E-state index is 12.5. The van der Waals surface area contributed by atoms with Gasteiger partial charge in [0.25, 0.3) is 11.8 Å². The molecule has 0 aliphatic heterocycles. The van der Waals surface area contributed by atoms with Crippen LogP contribution in [0.3, 0.4) is 0 Å². The lowest BCUT2D eigenvalue weighted by Crippen LogP contribution is -2.49. The number of hydrogen-bond acceptors (Lipinski definition) is 6.